The van der Waals surface area contributed by atoms with E-state index in [0.29, 0.717) is 0 Å². The molecule has 3 heteroatoms. The van der Waals surface area contributed by atoms with E-state index in [1.54, 1.807) is 0 Å². The van der Waals surface area contributed by atoms with Crippen LogP contribution in [-0.4, -0.2) is 14.1 Å². The van der Waals surface area contributed by atoms with Gasteiger partial charge in [0.1, 0.15) is 6.54 Å². The van der Waals surface area contributed by atoms with Gasteiger partial charge in [0.15, 0.2) is 0 Å². The number of para-hydroxylation sites is 1. The number of rotatable bonds is 26. The van der Waals surface area contributed by atoms with Gasteiger partial charge in [-0.15, -0.1) is 0 Å². The molecule has 0 N–H and O–H groups in total. The molecule has 0 saturated carbocycles. The molecule has 0 aliphatic heterocycles. The second-order valence-electron chi connectivity index (χ2n) is 13.6. The summed E-state index contributed by atoms with van der Waals surface area (Å²) in [6, 6.07) is 18.0. The Kier molecular flexibility index (Phi) is 21.9. The molecule has 2 aromatic carbocycles. The normalized spacial score (nSPS) is 11.3. The van der Waals surface area contributed by atoms with Crippen molar-refractivity contribution in [1.29, 1.82) is 0 Å². The molecule has 0 bridgehead atoms. The summed E-state index contributed by atoms with van der Waals surface area (Å²) in [6.45, 7) is 3.41. The van der Waals surface area contributed by atoms with Gasteiger partial charge in [0.2, 0.25) is 11.0 Å². The van der Waals surface area contributed by atoms with E-state index < -0.39 is 0 Å². The number of aryl methyl sites for hydroxylation is 1. The lowest BCUT2D eigenvalue weighted by atomic mass is 10.0. The van der Waals surface area contributed by atoms with Gasteiger partial charge >= 0.3 is 0 Å². The van der Waals surface area contributed by atoms with E-state index in [-0.39, 0.29) is 24.0 Å². The third-order valence-corrected chi connectivity index (χ3v) is 9.60. The number of aromatic nitrogens is 1. The van der Waals surface area contributed by atoms with E-state index in [9.17, 15) is 0 Å². The first-order chi connectivity index (χ1) is 21.2. The molecule has 0 radical (unpaired) electrons. The van der Waals surface area contributed by atoms with Gasteiger partial charge in [-0.2, -0.15) is 4.57 Å². The summed E-state index contributed by atoms with van der Waals surface area (Å²) in [5.74, 6) is 0. The third kappa shape index (κ3) is 14.8. The van der Waals surface area contributed by atoms with Gasteiger partial charge in [0.05, 0.1) is 11.1 Å². The molecule has 1 heterocycles. The van der Waals surface area contributed by atoms with Crippen molar-refractivity contribution in [2.75, 3.05) is 19.0 Å². The quantitative estimate of drug-likeness (QED) is 0.0348. The van der Waals surface area contributed by atoms with Crippen LogP contribution in [0.3, 0.4) is 0 Å². The van der Waals surface area contributed by atoms with E-state index in [2.05, 4.69) is 79.0 Å². The van der Waals surface area contributed by atoms with Crippen LogP contribution in [0, 0.1) is 0 Å². The Bertz CT molecular complexity index is 1120. The highest BCUT2D eigenvalue weighted by Crippen LogP contribution is 2.27. The second-order valence-corrected chi connectivity index (χ2v) is 13.6. The summed E-state index contributed by atoms with van der Waals surface area (Å²) >= 11 is 0. The number of hydrogen-bond acceptors (Lipinski definition) is 1. The Morgan fingerprint density at radius 1 is 0.477 bits per heavy atom. The summed E-state index contributed by atoms with van der Waals surface area (Å²) in [4.78, 5) is 2.24. The Morgan fingerprint density at radius 2 is 0.886 bits per heavy atom. The van der Waals surface area contributed by atoms with E-state index >= 15 is 0 Å². The molecular weight excluding hydrogens is 647 g/mol. The summed E-state index contributed by atoms with van der Waals surface area (Å²) in [5, 5.41) is 2.70. The highest BCUT2D eigenvalue weighted by molar-refractivity contribution is 5.96. The number of fused-ring (bicyclic) bond motifs is 2. The van der Waals surface area contributed by atoms with Crippen LogP contribution in [-0.2, 0) is 6.54 Å². The van der Waals surface area contributed by atoms with Gasteiger partial charge < -0.3 is 28.9 Å². The molecule has 1 aromatic heterocycles. The average Bonchev–Trinajstić information content (AvgIpc) is 3.02. The Balaban J connectivity index is 0.00000675. The Hall–Kier alpha value is -1.36. The summed E-state index contributed by atoms with van der Waals surface area (Å²) in [6.07, 6.45) is 34.6. The highest BCUT2D eigenvalue weighted by Gasteiger charge is 2.17. The zero-order chi connectivity index (χ0) is 30.4. The average molecular weight is 715 g/mol. The highest BCUT2D eigenvalue weighted by atomic mass is 127. The number of benzene rings is 2. The minimum atomic E-state index is 0. The largest absolute Gasteiger partial charge is 1.00 e. The van der Waals surface area contributed by atoms with Crippen LogP contribution >= 0.6 is 0 Å². The molecule has 0 fully saturated rings. The van der Waals surface area contributed by atoms with Crippen molar-refractivity contribution < 1.29 is 28.5 Å². The van der Waals surface area contributed by atoms with Crippen molar-refractivity contribution >= 4 is 27.5 Å². The maximum atomic E-state index is 2.57. The van der Waals surface area contributed by atoms with E-state index in [1.807, 2.05) is 0 Å². The summed E-state index contributed by atoms with van der Waals surface area (Å²) in [5.41, 5.74) is 4.02. The first-order valence-corrected chi connectivity index (χ1v) is 18.7. The molecule has 0 aliphatic carbocycles. The zero-order valence-corrected chi connectivity index (χ0v) is 31.2. The zero-order valence-electron chi connectivity index (χ0n) is 29.1. The van der Waals surface area contributed by atoms with Crippen LogP contribution in [0.4, 0.5) is 5.69 Å². The van der Waals surface area contributed by atoms with Crippen molar-refractivity contribution in [3.8, 4) is 0 Å². The third-order valence-electron chi connectivity index (χ3n) is 9.60. The van der Waals surface area contributed by atoms with E-state index in [4.69, 9.17) is 0 Å². The maximum absolute atomic E-state index is 2.57. The van der Waals surface area contributed by atoms with Crippen molar-refractivity contribution in [2.45, 2.75) is 168 Å². The number of unbranched alkanes of at least 4 members (excludes halogenated alkanes) is 23. The van der Waals surface area contributed by atoms with Gasteiger partial charge in [0.25, 0.3) is 0 Å². The standard InChI is InChI=1S/C41H67N2.HI/c1-4-5-6-7-8-9-10-11-12-13-14-15-16-17-18-19-20-21-22-23-24-25-26-29-35-43-39-32-28-27-31-37(39)36-38-40(42(2)3)33-30-34-41(38)43;/h27-28,30-34,36H,4-26,29,35H2,1-3H3;1H/q+1;/p-1. The summed E-state index contributed by atoms with van der Waals surface area (Å²) < 4.78 is 2.57. The lowest BCUT2D eigenvalue weighted by molar-refractivity contribution is -0.645. The first kappa shape index (κ1) is 38.8. The molecule has 248 valence electrons. The number of halogens is 1. The van der Waals surface area contributed by atoms with Crippen LogP contribution in [0.2, 0.25) is 0 Å². The fourth-order valence-corrected chi connectivity index (χ4v) is 6.93. The van der Waals surface area contributed by atoms with Crippen molar-refractivity contribution in [1.82, 2.24) is 0 Å². The Labute approximate surface area is 289 Å². The molecule has 2 nitrogen and oxygen atoms in total. The molecule has 0 unspecified atom stereocenters. The van der Waals surface area contributed by atoms with Gasteiger partial charge in [0, 0.05) is 38.0 Å². The van der Waals surface area contributed by atoms with Gasteiger partial charge in [-0.1, -0.05) is 166 Å². The van der Waals surface area contributed by atoms with Crippen LogP contribution in [0.1, 0.15) is 161 Å². The van der Waals surface area contributed by atoms with E-state index in [1.165, 1.54) is 182 Å². The SMILES string of the molecule is CCCCCCCCCCCCCCCCCCCCCCCCCC[n+]1c2ccccc2cc2c(N(C)C)cccc21.[I-]. The van der Waals surface area contributed by atoms with Crippen molar-refractivity contribution in [3.05, 3.63) is 48.5 Å². The van der Waals surface area contributed by atoms with Gasteiger partial charge in [-0.25, -0.2) is 0 Å². The molecular formula is C41H67IN2. The predicted molar refractivity (Wildman–Crippen MR) is 192 cm³/mol. The second kappa shape index (κ2) is 24.8. The summed E-state index contributed by atoms with van der Waals surface area (Å²) in [7, 11) is 4.30. The number of anilines is 1. The fraction of sp³-hybridized carbons (Fsp3) is 0.683. The first-order valence-electron chi connectivity index (χ1n) is 18.7. The van der Waals surface area contributed by atoms with Gasteiger partial charge in [-0.3, -0.25) is 0 Å². The lowest BCUT2D eigenvalue weighted by Crippen LogP contribution is -3.00. The Morgan fingerprint density at radius 3 is 1.34 bits per heavy atom. The lowest BCUT2D eigenvalue weighted by Gasteiger charge is -2.15. The molecule has 0 spiro atoms. The number of hydrogen-bond donors (Lipinski definition) is 0. The molecule has 0 amide bonds. The maximum Gasteiger partial charge on any atom is 0.215 e. The molecule has 0 saturated heterocycles. The molecule has 0 atom stereocenters. The van der Waals surface area contributed by atoms with Crippen LogP contribution in [0.25, 0.3) is 21.8 Å². The van der Waals surface area contributed by atoms with Crippen LogP contribution in [0.15, 0.2) is 48.5 Å². The van der Waals surface area contributed by atoms with Gasteiger partial charge in [-0.05, 0) is 24.6 Å². The molecule has 44 heavy (non-hydrogen) atoms. The smallest absolute Gasteiger partial charge is 0.215 e. The van der Waals surface area contributed by atoms with Crippen LogP contribution < -0.4 is 33.4 Å². The topological polar surface area (TPSA) is 7.12 Å². The van der Waals surface area contributed by atoms with Crippen molar-refractivity contribution in [3.63, 3.8) is 0 Å². The van der Waals surface area contributed by atoms with E-state index in [0.717, 1.165) is 6.54 Å². The molecule has 3 rings (SSSR count). The van der Waals surface area contributed by atoms with Crippen molar-refractivity contribution in [2.24, 2.45) is 0 Å². The fourth-order valence-electron chi connectivity index (χ4n) is 6.93. The molecule has 0 aliphatic rings. The number of nitrogens with zero attached hydrogens (tertiary/aromatic N) is 2. The number of pyridine rings is 1. The minimum Gasteiger partial charge on any atom is -1.00 e. The molecule has 3 aromatic rings. The van der Waals surface area contributed by atoms with Crippen LogP contribution in [0.5, 0.6) is 0 Å². The minimum absolute atomic E-state index is 0. The monoisotopic (exact) mass is 714 g/mol. The predicted octanol–water partition coefficient (Wildman–Crippen LogP) is 9.73.